The van der Waals surface area contributed by atoms with Gasteiger partial charge in [-0.3, -0.25) is 4.79 Å². The Bertz CT molecular complexity index is 374. The van der Waals surface area contributed by atoms with Crippen molar-refractivity contribution in [2.75, 3.05) is 13.1 Å². The zero-order chi connectivity index (χ0) is 11.5. The molecule has 1 aliphatic rings. The summed E-state index contributed by atoms with van der Waals surface area (Å²) < 4.78 is 1.73. The second-order valence-corrected chi connectivity index (χ2v) is 4.44. The molecule has 0 aromatic carbocycles. The molecule has 16 heavy (non-hydrogen) atoms. The summed E-state index contributed by atoms with van der Waals surface area (Å²) in [6, 6.07) is 0.219. The fraction of sp³-hybridized carbons (Fsp3) is 0.636. The first kappa shape index (κ1) is 11.1. The number of rotatable bonds is 2. The largest absolute Gasteiger partial charge is 0.346 e. The summed E-state index contributed by atoms with van der Waals surface area (Å²) in [5.41, 5.74) is 0.609. The van der Waals surface area contributed by atoms with Crippen LogP contribution in [0.5, 0.6) is 0 Å². The van der Waals surface area contributed by atoms with Crippen molar-refractivity contribution in [2.45, 2.75) is 19.4 Å². The van der Waals surface area contributed by atoms with Crippen molar-refractivity contribution in [1.82, 2.24) is 20.2 Å². The van der Waals surface area contributed by atoms with Crippen LogP contribution in [0.25, 0.3) is 0 Å². The van der Waals surface area contributed by atoms with Crippen LogP contribution in [0.4, 0.5) is 0 Å². The van der Waals surface area contributed by atoms with Crippen LogP contribution in [0, 0.1) is 5.92 Å². The minimum absolute atomic E-state index is 0.0412. The van der Waals surface area contributed by atoms with E-state index in [4.69, 9.17) is 0 Å². The summed E-state index contributed by atoms with van der Waals surface area (Å²) in [4.78, 5) is 15.9. The van der Waals surface area contributed by atoms with Crippen LogP contribution in [-0.2, 0) is 7.05 Å². The van der Waals surface area contributed by atoms with Crippen molar-refractivity contribution >= 4 is 5.91 Å². The van der Waals surface area contributed by atoms with E-state index in [1.54, 1.807) is 17.1 Å². The molecule has 5 heteroatoms. The fourth-order valence-corrected chi connectivity index (χ4v) is 2.00. The third kappa shape index (κ3) is 2.24. The second kappa shape index (κ2) is 4.65. The van der Waals surface area contributed by atoms with Gasteiger partial charge < -0.3 is 15.2 Å². The van der Waals surface area contributed by atoms with Crippen LogP contribution in [0.3, 0.4) is 0 Å². The Hall–Kier alpha value is -1.36. The van der Waals surface area contributed by atoms with E-state index in [2.05, 4.69) is 22.5 Å². The highest BCUT2D eigenvalue weighted by atomic mass is 16.2. The lowest BCUT2D eigenvalue weighted by Crippen LogP contribution is -2.50. The molecule has 2 atom stereocenters. The maximum atomic E-state index is 11.9. The first-order valence-corrected chi connectivity index (χ1v) is 5.66. The fourth-order valence-electron chi connectivity index (χ4n) is 2.00. The van der Waals surface area contributed by atoms with Crippen LogP contribution >= 0.6 is 0 Å². The van der Waals surface area contributed by atoms with Crippen molar-refractivity contribution in [1.29, 1.82) is 0 Å². The van der Waals surface area contributed by atoms with E-state index in [0.717, 1.165) is 19.5 Å². The van der Waals surface area contributed by atoms with Gasteiger partial charge in [-0.25, -0.2) is 4.98 Å². The number of hydrogen-bond acceptors (Lipinski definition) is 3. The van der Waals surface area contributed by atoms with E-state index in [9.17, 15) is 4.79 Å². The molecule has 1 amide bonds. The monoisotopic (exact) mass is 222 g/mol. The van der Waals surface area contributed by atoms with Gasteiger partial charge in [0, 0.05) is 19.6 Å². The highest BCUT2D eigenvalue weighted by Crippen LogP contribution is 2.11. The average Bonchev–Trinajstić information content (AvgIpc) is 2.68. The number of amides is 1. The molecule has 1 fully saturated rings. The molecule has 0 spiro atoms. The molecule has 0 bridgehead atoms. The van der Waals surface area contributed by atoms with Crippen molar-refractivity contribution < 1.29 is 4.79 Å². The van der Waals surface area contributed by atoms with E-state index in [1.165, 1.54) is 0 Å². The third-order valence-electron chi connectivity index (χ3n) is 3.19. The molecule has 1 aromatic heterocycles. The van der Waals surface area contributed by atoms with Gasteiger partial charge in [0.15, 0.2) is 0 Å². The lowest BCUT2D eigenvalue weighted by Gasteiger charge is -2.30. The van der Waals surface area contributed by atoms with Crippen LogP contribution < -0.4 is 10.6 Å². The molecule has 0 radical (unpaired) electrons. The van der Waals surface area contributed by atoms with Gasteiger partial charge in [-0.1, -0.05) is 6.92 Å². The van der Waals surface area contributed by atoms with Crippen LogP contribution in [0.1, 0.15) is 23.8 Å². The Morgan fingerprint density at radius 1 is 1.69 bits per heavy atom. The molecule has 88 valence electrons. The van der Waals surface area contributed by atoms with Crippen molar-refractivity contribution in [2.24, 2.45) is 13.0 Å². The van der Waals surface area contributed by atoms with Crippen LogP contribution in [-0.4, -0.2) is 34.6 Å². The minimum atomic E-state index is -0.0412. The number of nitrogens with one attached hydrogen (secondary N) is 2. The molecule has 1 aliphatic heterocycles. The standard InChI is InChI=1S/C11H18N4O/c1-8-3-4-12-5-9(8)14-11(16)10-6-13-7-15(10)2/h6-9,12H,3-5H2,1-2H3,(H,14,16). The Morgan fingerprint density at radius 3 is 3.12 bits per heavy atom. The summed E-state index contributed by atoms with van der Waals surface area (Å²) >= 11 is 0. The molecule has 2 unspecified atom stereocenters. The van der Waals surface area contributed by atoms with Gasteiger partial charge in [0.25, 0.3) is 5.91 Å². The zero-order valence-corrected chi connectivity index (χ0v) is 9.73. The summed E-state index contributed by atoms with van der Waals surface area (Å²) in [7, 11) is 1.82. The highest BCUT2D eigenvalue weighted by Gasteiger charge is 2.23. The molecule has 0 aliphatic carbocycles. The van der Waals surface area contributed by atoms with Gasteiger partial charge in [-0.05, 0) is 18.9 Å². The number of piperidine rings is 1. The van der Waals surface area contributed by atoms with Gasteiger partial charge in [-0.15, -0.1) is 0 Å². The first-order chi connectivity index (χ1) is 7.68. The summed E-state index contributed by atoms with van der Waals surface area (Å²) in [5.74, 6) is 0.485. The summed E-state index contributed by atoms with van der Waals surface area (Å²) in [6.07, 6.45) is 4.34. The number of aromatic nitrogens is 2. The molecule has 2 heterocycles. The quantitative estimate of drug-likeness (QED) is 0.748. The van der Waals surface area contributed by atoms with Gasteiger partial charge in [0.2, 0.25) is 0 Å². The maximum absolute atomic E-state index is 11.9. The molecule has 0 saturated carbocycles. The molecule has 2 N–H and O–H groups in total. The Kier molecular flexibility index (Phi) is 3.24. The van der Waals surface area contributed by atoms with E-state index in [0.29, 0.717) is 11.6 Å². The van der Waals surface area contributed by atoms with Gasteiger partial charge in [0.05, 0.1) is 12.5 Å². The van der Waals surface area contributed by atoms with Gasteiger partial charge in [0.1, 0.15) is 5.69 Å². The normalized spacial score (nSPS) is 25.4. The lowest BCUT2D eigenvalue weighted by atomic mass is 9.95. The number of carbonyl (C=O) groups excluding carboxylic acids is 1. The molecule has 1 saturated heterocycles. The molecule has 5 nitrogen and oxygen atoms in total. The second-order valence-electron chi connectivity index (χ2n) is 4.44. The van der Waals surface area contributed by atoms with Gasteiger partial charge in [-0.2, -0.15) is 0 Å². The minimum Gasteiger partial charge on any atom is -0.346 e. The van der Waals surface area contributed by atoms with Crippen molar-refractivity contribution in [3.05, 3.63) is 18.2 Å². The van der Waals surface area contributed by atoms with Gasteiger partial charge >= 0.3 is 0 Å². The zero-order valence-electron chi connectivity index (χ0n) is 9.73. The summed E-state index contributed by atoms with van der Waals surface area (Å²) in [6.45, 7) is 4.07. The van der Waals surface area contributed by atoms with E-state index in [1.807, 2.05) is 7.05 Å². The third-order valence-corrected chi connectivity index (χ3v) is 3.19. The molecular weight excluding hydrogens is 204 g/mol. The maximum Gasteiger partial charge on any atom is 0.269 e. The van der Waals surface area contributed by atoms with E-state index >= 15 is 0 Å². The molecule has 1 aromatic rings. The number of nitrogens with zero attached hydrogens (tertiary/aromatic N) is 2. The van der Waals surface area contributed by atoms with E-state index < -0.39 is 0 Å². The van der Waals surface area contributed by atoms with Crippen LogP contribution in [0.2, 0.25) is 0 Å². The smallest absolute Gasteiger partial charge is 0.269 e. The first-order valence-electron chi connectivity index (χ1n) is 5.66. The summed E-state index contributed by atoms with van der Waals surface area (Å²) in [5, 5.41) is 6.34. The predicted molar refractivity (Wildman–Crippen MR) is 61.1 cm³/mol. The van der Waals surface area contributed by atoms with Crippen LogP contribution in [0.15, 0.2) is 12.5 Å². The van der Waals surface area contributed by atoms with E-state index in [-0.39, 0.29) is 11.9 Å². The number of hydrogen-bond donors (Lipinski definition) is 2. The predicted octanol–water partition coefficient (Wildman–Crippen LogP) is 0.148. The number of carbonyl (C=O) groups is 1. The molecule has 2 rings (SSSR count). The van der Waals surface area contributed by atoms with Crippen molar-refractivity contribution in [3.63, 3.8) is 0 Å². The highest BCUT2D eigenvalue weighted by molar-refractivity contribution is 5.92. The Morgan fingerprint density at radius 2 is 2.50 bits per heavy atom. The number of aryl methyl sites for hydroxylation is 1. The average molecular weight is 222 g/mol. The Balaban J connectivity index is 1.99. The number of imidazole rings is 1. The topological polar surface area (TPSA) is 58.9 Å². The van der Waals surface area contributed by atoms with Crippen molar-refractivity contribution in [3.8, 4) is 0 Å². The SMILES string of the molecule is CC1CCNCC1NC(=O)c1cncn1C. The lowest BCUT2D eigenvalue weighted by molar-refractivity contribution is 0.0907. The molecular formula is C11H18N4O. The Labute approximate surface area is 95.2 Å².